The maximum atomic E-state index is 13.3. The van der Waals surface area contributed by atoms with Crippen molar-refractivity contribution in [1.82, 2.24) is 20.4 Å². The summed E-state index contributed by atoms with van der Waals surface area (Å²) in [7, 11) is 0. The summed E-state index contributed by atoms with van der Waals surface area (Å²) in [5, 5.41) is 7.41. The molecule has 186 valence electrons. The van der Waals surface area contributed by atoms with E-state index in [1.807, 2.05) is 87.5 Å². The summed E-state index contributed by atoms with van der Waals surface area (Å²) < 4.78 is 16.7. The van der Waals surface area contributed by atoms with E-state index in [9.17, 15) is 4.79 Å². The van der Waals surface area contributed by atoms with Crippen molar-refractivity contribution in [2.45, 2.75) is 33.4 Å². The fourth-order valence-electron chi connectivity index (χ4n) is 4.62. The molecule has 2 amide bonds. The molecule has 3 heterocycles. The summed E-state index contributed by atoms with van der Waals surface area (Å²) in [6.07, 6.45) is 0. The molecular formula is C29H26N4O4. The van der Waals surface area contributed by atoms with Crippen LogP contribution < -0.4 is 14.8 Å². The Hall–Kier alpha value is -4.59. The van der Waals surface area contributed by atoms with Crippen LogP contribution in [0, 0.1) is 13.8 Å². The molecule has 2 aliphatic heterocycles. The average Bonchev–Trinajstić information content (AvgIpc) is 3.57. The first kappa shape index (κ1) is 22.8. The van der Waals surface area contributed by atoms with Crippen molar-refractivity contribution in [3.8, 4) is 22.9 Å². The quantitative estimate of drug-likeness (QED) is 0.378. The Morgan fingerprint density at radius 3 is 2.38 bits per heavy atom. The van der Waals surface area contributed by atoms with Crippen molar-refractivity contribution in [2.75, 3.05) is 6.79 Å². The highest BCUT2D eigenvalue weighted by molar-refractivity contribution is 5.87. The van der Waals surface area contributed by atoms with Crippen LogP contribution in [-0.2, 0) is 6.54 Å². The van der Waals surface area contributed by atoms with E-state index in [1.165, 1.54) is 5.56 Å². The lowest BCUT2D eigenvalue weighted by atomic mass is 9.94. The predicted octanol–water partition coefficient (Wildman–Crippen LogP) is 5.78. The number of amides is 2. The van der Waals surface area contributed by atoms with Gasteiger partial charge in [-0.2, -0.15) is 4.98 Å². The van der Waals surface area contributed by atoms with Crippen molar-refractivity contribution in [3.63, 3.8) is 0 Å². The Balaban J connectivity index is 1.42. The van der Waals surface area contributed by atoms with Crippen molar-refractivity contribution in [2.24, 2.45) is 0 Å². The molecule has 4 aromatic rings. The van der Waals surface area contributed by atoms with E-state index in [0.29, 0.717) is 29.8 Å². The number of aryl methyl sites for hydroxylation is 2. The molecule has 2 aliphatic rings. The maximum Gasteiger partial charge on any atom is 0.322 e. The lowest BCUT2D eigenvalue weighted by Crippen LogP contribution is -2.45. The molecule has 0 bridgehead atoms. The van der Waals surface area contributed by atoms with Crippen LogP contribution in [-0.4, -0.2) is 27.9 Å². The average molecular weight is 495 g/mol. The number of fused-ring (bicyclic) bond motifs is 1. The number of rotatable bonds is 5. The molecule has 0 spiro atoms. The molecule has 0 saturated heterocycles. The number of carbonyl (C=O) groups is 1. The van der Waals surface area contributed by atoms with Crippen LogP contribution in [0.3, 0.4) is 0 Å². The van der Waals surface area contributed by atoms with Gasteiger partial charge in [0.2, 0.25) is 12.6 Å². The van der Waals surface area contributed by atoms with Gasteiger partial charge in [0.1, 0.15) is 0 Å². The van der Waals surface area contributed by atoms with Gasteiger partial charge in [0, 0.05) is 11.3 Å². The number of nitrogens with one attached hydrogen (secondary N) is 1. The zero-order valence-electron chi connectivity index (χ0n) is 20.8. The van der Waals surface area contributed by atoms with Crippen molar-refractivity contribution in [1.29, 1.82) is 0 Å². The Bertz CT molecular complexity index is 1510. The summed E-state index contributed by atoms with van der Waals surface area (Å²) >= 11 is 0. The molecule has 37 heavy (non-hydrogen) atoms. The number of ether oxygens (including phenoxy) is 2. The minimum atomic E-state index is -0.438. The predicted molar refractivity (Wildman–Crippen MR) is 138 cm³/mol. The van der Waals surface area contributed by atoms with Crippen molar-refractivity contribution in [3.05, 3.63) is 101 Å². The van der Waals surface area contributed by atoms with Gasteiger partial charge in [-0.05, 0) is 50.1 Å². The van der Waals surface area contributed by atoms with E-state index in [4.69, 9.17) is 19.0 Å². The first-order valence-corrected chi connectivity index (χ1v) is 12.1. The summed E-state index contributed by atoms with van der Waals surface area (Å²) in [5.41, 5.74) is 6.54. The molecule has 0 fully saturated rings. The van der Waals surface area contributed by atoms with Crippen LogP contribution in [0.2, 0.25) is 0 Å². The number of nitrogens with zero attached hydrogens (tertiary/aromatic N) is 3. The van der Waals surface area contributed by atoms with Gasteiger partial charge in [0.15, 0.2) is 11.5 Å². The fourth-order valence-corrected chi connectivity index (χ4v) is 4.62. The topological polar surface area (TPSA) is 89.7 Å². The number of aromatic nitrogens is 2. The van der Waals surface area contributed by atoms with Crippen molar-refractivity contribution >= 4 is 11.6 Å². The van der Waals surface area contributed by atoms with Gasteiger partial charge in [-0.15, -0.1) is 0 Å². The Labute approximate surface area is 214 Å². The molecule has 8 nitrogen and oxygen atoms in total. The molecule has 1 atom stereocenters. The van der Waals surface area contributed by atoms with Crippen LogP contribution in [0.15, 0.2) is 77.0 Å². The molecule has 6 rings (SSSR count). The molecule has 0 aliphatic carbocycles. The molecule has 8 heteroatoms. The molecule has 1 N–H and O–H groups in total. The number of allylic oxidation sites excluding steroid dienone is 1. The van der Waals surface area contributed by atoms with Crippen LogP contribution >= 0.6 is 0 Å². The minimum Gasteiger partial charge on any atom is -0.454 e. The molecular weight excluding hydrogens is 468 g/mol. The number of carbonyl (C=O) groups excluding carboxylic acids is 1. The smallest absolute Gasteiger partial charge is 0.322 e. The van der Waals surface area contributed by atoms with Crippen molar-refractivity contribution < 1.29 is 18.8 Å². The normalized spacial score (nSPS) is 16.8. The van der Waals surface area contributed by atoms with Crippen LogP contribution in [0.1, 0.15) is 41.1 Å². The Morgan fingerprint density at radius 1 is 0.919 bits per heavy atom. The minimum absolute atomic E-state index is 0.178. The summed E-state index contributed by atoms with van der Waals surface area (Å²) in [6.45, 7) is 6.61. The highest BCUT2D eigenvalue weighted by Gasteiger charge is 2.36. The summed E-state index contributed by atoms with van der Waals surface area (Å²) in [4.78, 5) is 19.8. The molecule has 0 radical (unpaired) electrons. The first-order valence-electron chi connectivity index (χ1n) is 12.1. The van der Waals surface area contributed by atoms with E-state index >= 15 is 0 Å². The lowest BCUT2D eigenvalue weighted by molar-refractivity contribution is 0.174. The van der Waals surface area contributed by atoms with Gasteiger partial charge >= 0.3 is 6.03 Å². The van der Waals surface area contributed by atoms with Gasteiger partial charge in [0.05, 0.1) is 18.2 Å². The fraction of sp³-hybridized carbons (Fsp3) is 0.207. The van der Waals surface area contributed by atoms with E-state index in [2.05, 4.69) is 10.5 Å². The van der Waals surface area contributed by atoms with Gasteiger partial charge in [-0.1, -0.05) is 64.8 Å². The summed E-state index contributed by atoms with van der Waals surface area (Å²) in [5.74, 6) is 2.11. The molecule has 1 aromatic heterocycles. The number of hydrogen-bond acceptors (Lipinski definition) is 6. The summed E-state index contributed by atoms with van der Waals surface area (Å²) in [6, 6.07) is 21.2. The second-order valence-electron chi connectivity index (χ2n) is 9.36. The third-order valence-corrected chi connectivity index (χ3v) is 6.76. The highest BCUT2D eigenvalue weighted by atomic mass is 16.7. The third kappa shape index (κ3) is 4.31. The lowest BCUT2D eigenvalue weighted by Gasteiger charge is -2.35. The van der Waals surface area contributed by atoms with E-state index < -0.39 is 6.04 Å². The van der Waals surface area contributed by atoms with Gasteiger partial charge in [-0.25, -0.2) is 4.79 Å². The number of urea groups is 1. The Kier molecular flexibility index (Phi) is 5.64. The zero-order chi connectivity index (χ0) is 25.5. The standard InChI is InChI=1S/C29H26N4O4/c1-17-4-8-20(9-5-17)15-33-19(3)25(26(30-29(33)34)21-10-6-18(2)7-11-21)28-31-27(32-37-28)22-12-13-23-24(14-22)36-16-35-23/h4-14,26H,15-16H2,1-3H3,(H,30,34). The van der Waals surface area contributed by atoms with E-state index in [1.54, 1.807) is 4.90 Å². The highest BCUT2D eigenvalue weighted by Crippen LogP contribution is 2.39. The molecule has 1 unspecified atom stereocenters. The van der Waals surface area contributed by atoms with Gasteiger partial charge < -0.3 is 19.3 Å². The monoisotopic (exact) mass is 494 g/mol. The van der Waals surface area contributed by atoms with Crippen LogP contribution in [0.5, 0.6) is 11.5 Å². The van der Waals surface area contributed by atoms with E-state index in [0.717, 1.165) is 33.5 Å². The number of benzene rings is 3. The van der Waals surface area contributed by atoms with Gasteiger partial charge in [-0.3, -0.25) is 4.90 Å². The van der Waals surface area contributed by atoms with Gasteiger partial charge in [0.25, 0.3) is 5.89 Å². The van der Waals surface area contributed by atoms with Crippen LogP contribution in [0.25, 0.3) is 17.0 Å². The molecule has 0 saturated carbocycles. The second kappa shape index (κ2) is 9.13. The zero-order valence-corrected chi connectivity index (χ0v) is 20.8. The van der Waals surface area contributed by atoms with E-state index in [-0.39, 0.29) is 12.8 Å². The SMILES string of the molecule is CC1=C(c2nc(-c3ccc4c(c3)OCO4)no2)C(c2ccc(C)cc2)NC(=O)N1Cc1ccc(C)cc1. The second-order valence-corrected chi connectivity index (χ2v) is 9.36. The molecule has 3 aromatic carbocycles. The largest absolute Gasteiger partial charge is 0.454 e. The first-order chi connectivity index (χ1) is 18.0. The Morgan fingerprint density at radius 2 is 1.62 bits per heavy atom. The third-order valence-electron chi connectivity index (χ3n) is 6.76. The van der Waals surface area contributed by atoms with Crippen LogP contribution in [0.4, 0.5) is 4.79 Å². The maximum absolute atomic E-state index is 13.3. The number of hydrogen-bond donors (Lipinski definition) is 1.